The number of Topliss-reactive ketones (excluding diaryl/α,β-unsaturated/α-hetero) is 1. The monoisotopic (exact) mass is 330 g/mol. The Morgan fingerprint density at radius 3 is 2.56 bits per heavy atom. The van der Waals surface area contributed by atoms with Gasteiger partial charge in [0, 0.05) is 18.3 Å². The molecule has 5 rings (SSSR count). The van der Waals surface area contributed by atoms with E-state index in [2.05, 4.69) is 63.3 Å². The lowest BCUT2D eigenvalue weighted by molar-refractivity contribution is -0.120. The van der Waals surface area contributed by atoms with E-state index in [0.29, 0.717) is 24.0 Å². The highest BCUT2D eigenvalue weighted by Crippen LogP contribution is 2.58. The molecule has 0 radical (unpaired) electrons. The molecule has 0 saturated heterocycles. The van der Waals surface area contributed by atoms with Crippen molar-refractivity contribution in [3.8, 4) is 0 Å². The summed E-state index contributed by atoms with van der Waals surface area (Å²) in [5, 5.41) is 2.61. The molecule has 1 nitrogen and oxygen atoms in total. The van der Waals surface area contributed by atoms with Crippen LogP contribution in [0.2, 0.25) is 0 Å². The normalized spacial score (nSPS) is 30.4. The zero-order chi connectivity index (χ0) is 17.4. The molecule has 1 spiro atoms. The summed E-state index contributed by atoms with van der Waals surface area (Å²) in [6.45, 7) is 6.77. The summed E-state index contributed by atoms with van der Waals surface area (Å²) in [6, 6.07) is 11.6. The zero-order valence-electron chi connectivity index (χ0n) is 15.4. The standard InChI is InChI=1S/C24H26O/c1-23(2,3)19-7-5-16-12-22-18(9-17(16)10-19)11-21(25)14-24(22)13-15-4-6-20(24)8-15/h4-7,9-10,12,15,20H,8,11,13-14H2,1-3H3. The van der Waals surface area contributed by atoms with Gasteiger partial charge in [0.1, 0.15) is 5.78 Å². The third-order valence-electron chi connectivity index (χ3n) is 6.87. The van der Waals surface area contributed by atoms with Gasteiger partial charge < -0.3 is 0 Å². The van der Waals surface area contributed by atoms with Crippen LogP contribution in [0.3, 0.4) is 0 Å². The van der Waals surface area contributed by atoms with Crippen LogP contribution >= 0.6 is 0 Å². The summed E-state index contributed by atoms with van der Waals surface area (Å²) >= 11 is 0. The SMILES string of the molecule is CC(C)(C)c1ccc2cc3c(cc2c1)CC(=O)CC31CC2C=CC1C2. The van der Waals surface area contributed by atoms with Gasteiger partial charge >= 0.3 is 0 Å². The largest absolute Gasteiger partial charge is 0.299 e. The average molecular weight is 330 g/mol. The van der Waals surface area contributed by atoms with Crippen molar-refractivity contribution in [1.29, 1.82) is 0 Å². The lowest BCUT2D eigenvalue weighted by Crippen LogP contribution is -2.38. The van der Waals surface area contributed by atoms with Crippen LogP contribution in [0.15, 0.2) is 42.5 Å². The Morgan fingerprint density at radius 1 is 1.04 bits per heavy atom. The van der Waals surface area contributed by atoms with Gasteiger partial charge in [-0.3, -0.25) is 4.79 Å². The maximum atomic E-state index is 12.6. The lowest BCUT2D eigenvalue weighted by atomic mass is 9.62. The number of carbonyl (C=O) groups excluding carboxylic acids is 1. The minimum atomic E-state index is 0.0843. The number of hydrogen-bond acceptors (Lipinski definition) is 1. The van der Waals surface area contributed by atoms with Crippen LogP contribution in [0.4, 0.5) is 0 Å². The van der Waals surface area contributed by atoms with Crippen molar-refractivity contribution in [1.82, 2.24) is 0 Å². The number of hydrogen-bond donors (Lipinski definition) is 0. The van der Waals surface area contributed by atoms with Crippen molar-refractivity contribution in [2.75, 3.05) is 0 Å². The molecule has 0 heterocycles. The van der Waals surface area contributed by atoms with Crippen molar-refractivity contribution in [2.24, 2.45) is 11.8 Å². The van der Waals surface area contributed by atoms with Crippen molar-refractivity contribution in [3.05, 3.63) is 59.2 Å². The summed E-state index contributed by atoms with van der Waals surface area (Å²) in [6.07, 6.45) is 8.55. The number of rotatable bonds is 0. The minimum Gasteiger partial charge on any atom is -0.299 e. The fourth-order valence-corrected chi connectivity index (χ4v) is 5.61. The molecule has 1 heteroatoms. The molecule has 128 valence electrons. The van der Waals surface area contributed by atoms with E-state index in [1.165, 1.54) is 40.3 Å². The summed E-state index contributed by atoms with van der Waals surface area (Å²) in [4.78, 5) is 12.6. The highest BCUT2D eigenvalue weighted by atomic mass is 16.1. The summed E-state index contributed by atoms with van der Waals surface area (Å²) in [5.41, 5.74) is 4.35. The second-order valence-corrected chi connectivity index (χ2v) is 9.56. The van der Waals surface area contributed by atoms with Crippen LogP contribution in [-0.4, -0.2) is 5.78 Å². The van der Waals surface area contributed by atoms with E-state index in [1.54, 1.807) is 0 Å². The maximum absolute atomic E-state index is 12.6. The van der Waals surface area contributed by atoms with Gasteiger partial charge in [0.05, 0.1) is 0 Å². The highest BCUT2D eigenvalue weighted by Gasteiger charge is 2.52. The molecular formula is C24H26O. The molecule has 3 unspecified atom stereocenters. The fourth-order valence-electron chi connectivity index (χ4n) is 5.61. The molecule has 0 aromatic heterocycles. The quantitative estimate of drug-likeness (QED) is 0.584. The van der Waals surface area contributed by atoms with Gasteiger partial charge in [-0.25, -0.2) is 0 Å². The predicted octanol–water partition coefficient (Wildman–Crippen LogP) is 5.49. The van der Waals surface area contributed by atoms with Gasteiger partial charge in [-0.05, 0) is 57.6 Å². The number of benzene rings is 2. The average Bonchev–Trinajstić information content (AvgIpc) is 3.13. The fraction of sp³-hybridized carbons (Fsp3) is 0.458. The number of carbonyl (C=O) groups is 1. The molecule has 0 amide bonds. The lowest BCUT2D eigenvalue weighted by Gasteiger charge is -2.40. The summed E-state index contributed by atoms with van der Waals surface area (Å²) < 4.78 is 0. The molecule has 1 saturated carbocycles. The van der Waals surface area contributed by atoms with Crippen molar-refractivity contribution in [2.45, 2.75) is 57.3 Å². The smallest absolute Gasteiger partial charge is 0.138 e. The molecule has 0 N–H and O–H groups in total. The summed E-state index contributed by atoms with van der Waals surface area (Å²) in [5.74, 6) is 1.68. The summed E-state index contributed by atoms with van der Waals surface area (Å²) in [7, 11) is 0. The molecule has 3 atom stereocenters. The van der Waals surface area contributed by atoms with E-state index in [4.69, 9.17) is 0 Å². The third kappa shape index (κ3) is 2.18. The Morgan fingerprint density at radius 2 is 1.88 bits per heavy atom. The van der Waals surface area contributed by atoms with E-state index in [0.717, 1.165) is 6.42 Å². The van der Waals surface area contributed by atoms with Crippen LogP contribution in [-0.2, 0) is 22.0 Å². The van der Waals surface area contributed by atoms with Crippen molar-refractivity contribution < 1.29 is 4.79 Å². The minimum absolute atomic E-state index is 0.0843. The van der Waals surface area contributed by atoms with Crippen molar-refractivity contribution in [3.63, 3.8) is 0 Å². The molecule has 3 aliphatic rings. The first-order chi connectivity index (χ1) is 11.8. The van der Waals surface area contributed by atoms with Crippen LogP contribution in [0, 0.1) is 11.8 Å². The first kappa shape index (κ1) is 15.4. The Kier molecular flexibility index (Phi) is 2.98. The van der Waals surface area contributed by atoms with Gasteiger partial charge in [-0.1, -0.05) is 63.3 Å². The Labute approximate surface area is 150 Å². The van der Waals surface area contributed by atoms with Gasteiger partial charge in [0.2, 0.25) is 0 Å². The molecular weight excluding hydrogens is 304 g/mol. The van der Waals surface area contributed by atoms with Crippen molar-refractivity contribution >= 4 is 16.6 Å². The van der Waals surface area contributed by atoms with E-state index in [-0.39, 0.29) is 10.8 Å². The first-order valence-corrected chi connectivity index (χ1v) is 9.63. The van der Waals surface area contributed by atoms with E-state index >= 15 is 0 Å². The van der Waals surface area contributed by atoms with Crippen LogP contribution in [0.5, 0.6) is 0 Å². The van der Waals surface area contributed by atoms with E-state index < -0.39 is 0 Å². The Bertz CT molecular complexity index is 927. The van der Waals surface area contributed by atoms with Gasteiger partial charge in [-0.2, -0.15) is 0 Å². The van der Waals surface area contributed by atoms with Crippen LogP contribution < -0.4 is 0 Å². The Balaban J connectivity index is 1.71. The molecule has 25 heavy (non-hydrogen) atoms. The van der Waals surface area contributed by atoms with E-state index in [1.807, 2.05) is 0 Å². The van der Waals surface area contributed by atoms with Gasteiger partial charge in [0.15, 0.2) is 0 Å². The number of allylic oxidation sites excluding steroid dienone is 2. The second-order valence-electron chi connectivity index (χ2n) is 9.56. The highest BCUT2D eigenvalue weighted by molar-refractivity contribution is 5.91. The molecule has 2 aromatic rings. The molecule has 3 aliphatic carbocycles. The predicted molar refractivity (Wildman–Crippen MR) is 103 cm³/mol. The van der Waals surface area contributed by atoms with Crippen LogP contribution in [0.25, 0.3) is 10.8 Å². The topological polar surface area (TPSA) is 17.1 Å². The number of ketones is 1. The third-order valence-corrected chi connectivity index (χ3v) is 6.87. The van der Waals surface area contributed by atoms with Crippen LogP contribution in [0.1, 0.15) is 56.7 Å². The van der Waals surface area contributed by atoms with Gasteiger partial charge in [-0.15, -0.1) is 0 Å². The molecule has 1 fully saturated rings. The second kappa shape index (κ2) is 4.84. The maximum Gasteiger partial charge on any atom is 0.138 e. The first-order valence-electron chi connectivity index (χ1n) is 9.63. The van der Waals surface area contributed by atoms with E-state index in [9.17, 15) is 4.79 Å². The molecule has 2 aromatic carbocycles. The zero-order valence-corrected chi connectivity index (χ0v) is 15.4. The molecule has 2 bridgehead atoms. The Hall–Kier alpha value is -1.89. The molecule has 0 aliphatic heterocycles. The number of fused-ring (bicyclic) bond motifs is 6. The van der Waals surface area contributed by atoms with Gasteiger partial charge in [0.25, 0.3) is 0 Å².